The molecule has 1 amide bonds. The van der Waals surface area contributed by atoms with Gasteiger partial charge in [0.25, 0.3) is 5.91 Å². The third kappa shape index (κ3) is 6.73. The van der Waals surface area contributed by atoms with Crippen molar-refractivity contribution < 1.29 is 13.2 Å². The van der Waals surface area contributed by atoms with Crippen molar-refractivity contribution in [2.75, 3.05) is 38.5 Å². The molecular weight excluding hydrogens is 493 g/mol. The Bertz CT molecular complexity index is 866. The molecule has 2 fully saturated rings. The van der Waals surface area contributed by atoms with Gasteiger partial charge in [-0.05, 0) is 37.5 Å². The molecule has 1 heterocycles. The molecule has 6 nitrogen and oxygen atoms in total. The van der Waals surface area contributed by atoms with E-state index >= 15 is 0 Å². The minimum Gasteiger partial charge on any atom is -0.350 e. The summed E-state index contributed by atoms with van der Waals surface area (Å²) in [5.74, 6) is 0.00483. The third-order valence-electron chi connectivity index (χ3n) is 6.55. The van der Waals surface area contributed by atoms with Gasteiger partial charge < -0.3 is 5.32 Å². The van der Waals surface area contributed by atoms with Gasteiger partial charge in [-0.3, -0.25) is 9.69 Å². The van der Waals surface area contributed by atoms with Gasteiger partial charge in [-0.15, -0.1) is 12.4 Å². The number of amides is 1. The summed E-state index contributed by atoms with van der Waals surface area (Å²) in [5, 5.41) is 3.96. The van der Waals surface area contributed by atoms with Crippen LogP contribution in [0, 0.1) is 0 Å². The van der Waals surface area contributed by atoms with Gasteiger partial charge in [-0.25, -0.2) is 8.42 Å². The number of hydrogen-bond donors (Lipinski definition) is 1. The van der Waals surface area contributed by atoms with E-state index in [0.717, 1.165) is 25.7 Å². The highest BCUT2D eigenvalue weighted by molar-refractivity contribution is 7.89. The number of benzene rings is 1. The summed E-state index contributed by atoms with van der Waals surface area (Å²) in [4.78, 5) is 15.3. The molecule has 1 aliphatic carbocycles. The van der Waals surface area contributed by atoms with Crippen molar-refractivity contribution in [1.29, 1.82) is 0 Å². The molecule has 2 aliphatic rings. The van der Waals surface area contributed by atoms with Gasteiger partial charge in [-0.1, -0.05) is 55.8 Å². The van der Waals surface area contributed by atoms with Crippen molar-refractivity contribution in [3.8, 4) is 0 Å². The molecule has 1 N–H and O–H groups in total. The largest absolute Gasteiger partial charge is 0.350 e. The Labute approximate surface area is 208 Å². The SMILES string of the molecule is CCCS(=O)(=O)N1CCN(C2(CNC(=O)c3ccc(Cl)cc3Cl)CCCCCC2)CC1.Cl. The van der Waals surface area contributed by atoms with Crippen LogP contribution in [0.1, 0.15) is 62.2 Å². The lowest BCUT2D eigenvalue weighted by molar-refractivity contribution is 0.0391. The zero-order chi connectivity index (χ0) is 22.5. The number of rotatable bonds is 7. The van der Waals surface area contributed by atoms with Crippen molar-refractivity contribution in [1.82, 2.24) is 14.5 Å². The third-order valence-corrected chi connectivity index (χ3v) is 9.18. The molecule has 1 aliphatic heterocycles. The minimum absolute atomic E-state index is 0. The van der Waals surface area contributed by atoms with Crippen LogP contribution in [0.25, 0.3) is 0 Å². The summed E-state index contributed by atoms with van der Waals surface area (Å²) in [6, 6.07) is 4.90. The van der Waals surface area contributed by atoms with Crippen molar-refractivity contribution in [2.45, 2.75) is 57.4 Å². The van der Waals surface area contributed by atoms with Crippen molar-refractivity contribution >= 4 is 51.5 Å². The predicted molar refractivity (Wildman–Crippen MR) is 134 cm³/mol. The Morgan fingerprint density at radius 1 is 1.06 bits per heavy atom. The molecule has 32 heavy (non-hydrogen) atoms. The number of nitrogens with one attached hydrogen (secondary N) is 1. The number of sulfonamides is 1. The highest BCUT2D eigenvalue weighted by atomic mass is 35.5. The molecule has 182 valence electrons. The Balaban J connectivity index is 0.00000363. The molecule has 0 unspecified atom stereocenters. The van der Waals surface area contributed by atoms with E-state index in [1.807, 2.05) is 6.92 Å². The highest BCUT2D eigenvalue weighted by Crippen LogP contribution is 2.33. The lowest BCUT2D eigenvalue weighted by atomic mass is 9.87. The van der Waals surface area contributed by atoms with E-state index in [-0.39, 0.29) is 29.6 Å². The van der Waals surface area contributed by atoms with Crippen LogP contribution in [0.15, 0.2) is 18.2 Å². The average Bonchev–Trinajstić information content (AvgIpc) is 2.99. The molecule has 0 bridgehead atoms. The number of nitrogens with zero attached hydrogens (tertiary/aromatic N) is 2. The van der Waals surface area contributed by atoms with E-state index in [0.29, 0.717) is 54.8 Å². The Morgan fingerprint density at radius 2 is 1.69 bits per heavy atom. The number of carbonyl (C=O) groups excluding carboxylic acids is 1. The summed E-state index contributed by atoms with van der Waals surface area (Å²) in [6.45, 7) is 4.85. The summed E-state index contributed by atoms with van der Waals surface area (Å²) in [6.07, 6.45) is 7.27. The Hall–Kier alpha value is -0.570. The fraction of sp³-hybridized carbons (Fsp3) is 0.682. The Morgan fingerprint density at radius 3 is 2.25 bits per heavy atom. The maximum Gasteiger partial charge on any atom is 0.252 e. The zero-order valence-electron chi connectivity index (χ0n) is 18.6. The van der Waals surface area contributed by atoms with Gasteiger partial charge >= 0.3 is 0 Å². The second kappa shape index (κ2) is 12.2. The van der Waals surface area contributed by atoms with E-state index in [2.05, 4.69) is 10.2 Å². The molecule has 0 radical (unpaired) electrons. The molecule has 0 atom stereocenters. The number of piperazine rings is 1. The fourth-order valence-corrected chi connectivity index (χ4v) is 6.82. The molecule has 0 spiro atoms. The normalized spacial score (nSPS) is 20.2. The summed E-state index contributed by atoms with van der Waals surface area (Å²) in [5.41, 5.74) is 0.274. The lowest BCUT2D eigenvalue weighted by Crippen LogP contribution is -2.61. The summed E-state index contributed by atoms with van der Waals surface area (Å²) >= 11 is 12.2. The summed E-state index contributed by atoms with van der Waals surface area (Å²) < 4.78 is 26.5. The second-order valence-electron chi connectivity index (χ2n) is 8.65. The van der Waals surface area contributed by atoms with Crippen molar-refractivity contribution in [2.24, 2.45) is 0 Å². The first-order valence-electron chi connectivity index (χ1n) is 11.2. The Kier molecular flexibility index (Phi) is 10.6. The van der Waals surface area contributed by atoms with E-state index < -0.39 is 10.0 Å². The lowest BCUT2D eigenvalue weighted by Gasteiger charge is -2.47. The molecule has 3 rings (SSSR count). The maximum absolute atomic E-state index is 12.8. The van der Waals surface area contributed by atoms with Crippen LogP contribution < -0.4 is 5.32 Å². The van der Waals surface area contributed by atoms with Crippen LogP contribution in [-0.4, -0.2) is 67.5 Å². The van der Waals surface area contributed by atoms with Crippen LogP contribution in [0.2, 0.25) is 10.0 Å². The number of carbonyl (C=O) groups is 1. The van der Waals surface area contributed by atoms with Gasteiger partial charge in [-0.2, -0.15) is 4.31 Å². The smallest absolute Gasteiger partial charge is 0.252 e. The number of hydrogen-bond acceptors (Lipinski definition) is 4. The molecule has 1 saturated carbocycles. The first-order chi connectivity index (χ1) is 14.8. The molecule has 1 saturated heterocycles. The van der Waals surface area contributed by atoms with Crippen molar-refractivity contribution in [3.05, 3.63) is 33.8 Å². The topological polar surface area (TPSA) is 69.7 Å². The van der Waals surface area contributed by atoms with Crippen LogP contribution >= 0.6 is 35.6 Å². The van der Waals surface area contributed by atoms with E-state index in [1.54, 1.807) is 22.5 Å². The first-order valence-corrected chi connectivity index (χ1v) is 13.6. The maximum atomic E-state index is 12.8. The monoisotopic (exact) mass is 525 g/mol. The molecule has 10 heteroatoms. The van der Waals surface area contributed by atoms with Gasteiger partial charge in [0.2, 0.25) is 10.0 Å². The van der Waals surface area contributed by atoms with E-state index in [9.17, 15) is 13.2 Å². The second-order valence-corrected chi connectivity index (χ2v) is 11.6. The number of halogens is 3. The molecular formula is C22H34Cl3N3O3S. The predicted octanol–water partition coefficient (Wildman–Crippen LogP) is 4.60. The van der Waals surface area contributed by atoms with Crippen LogP contribution in [0.3, 0.4) is 0 Å². The molecule has 0 aromatic heterocycles. The van der Waals surface area contributed by atoms with Gasteiger partial charge in [0.05, 0.1) is 16.3 Å². The minimum atomic E-state index is -3.17. The van der Waals surface area contributed by atoms with Crippen molar-refractivity contribution in [3.63, 3.8) is 0 Å². The zero-order valence-corrected chi connectivity index (χ0v) is 21.8. The fourth-order valence-electron chi connectivity index (χ4n) is 4.83. The quantitative estimate of drug-likeness (QED) is 0.527. The highest BCUT2D eigenvalue weighted by Gasteiger charge is 2.40. The van der Waals surface area contributed by atoms with Gasteiger partial charge in [0.1, 0.15) is 0 Å². The van der Waals surface area contributed by atoms with Crippen LogP contribution in [0.5, 0.6) is 0 Å². The van der Waals surface area contributed by atoms with E-state index in [1.165, 1.54) is 12.8 Å². The first kappa shape index (κ1) is 27.7. The van der Waals surface area contributed by atoms with Crippen LogP contribution in [0.4, 0.5) is 0 Å². The van der Waals surface area contributed by atoms with E-state index in [4.69, 9.17) is 23.2 Å². The molecule has 1 aromatic carbocycles. The summed E-state index contributed by atoms with van der Waals surface area (Å²) in [7, 11) is -3.17. The molecule has 1 aromatic rings. The van der Waals surface area contributed by atoms with Crippen LogP contribution in [-0.2, 0) is 10.0 Å². The van der Waals surface area contributed by atoms with Gasteiger partial charge in [0, 0.05) is 43.3 Å². The standard InChI is InChI=1S/C22H33Cl2N3O3S.ClH/c1-2-15-31(29,30)27-13-11-26(12-14-27)22(9-5-3-4-6-10-22)17-25-21(28)19-8-7-18(23)16-20(19)24;/h7-8,16H,2-6,9-15,17H2,1H3,(H,25,28);1H. The van der Waals surface area contributed by atoms with Gasteiger partial charge in [0.15, 0.2) is 0 Å². The average molecular weight is 527 g/mol.